The number of aliphatic imine (C=N–C) groups is 1. The fourth-order valence-electron chi connectivity index (χ4n) is 2.02. The van der Waals surface area contributed by atoms with Crippen LogP contribution in [0, 0.1) is 27.7 Å². The average molecular weight is 215 g/mol. The molecule has 0 amide bonds. The molecule has 0 saturated heterocycles. The lowest BCUT2D eigenvalue weighted by Gasteiger charge is -2.15. The summed E-state index contributed by atoms with van der Waals surface area (Å²) in [6.07, 6.45) is 3.93. The Morgan fingerprint density at radius 2 is 1.50 bits per heavy atom. The molecule has 0 aliphatic rings. The predicted molar refractivity (Wildman–Crippen MR) is 73.2 cm³/mol. The Morgan fingerprint density at radius 1 is 1.00 bits per heavy atom. The van der Waals surface area contributed by atoms with E-state index < -0.39 is 0 Å². The molecule has 0 unspecified atom stereocenters. The third kappa shape index (κ3) is 2.24. The van der Waals surface area contributed by atoms with Crippen LogP contribution in [0.2, 0.25) is 0 Å². The number of benzene rings is 1. The van der Waals surface area contributed by atoms with Gasteiger partial charge >= 0.3 is 0 Å². The van der Waals surface area contributed by atoms with Gasteiger partial charge in [0.1, 0.15) is 0 Å². The van der Waals surface area contributed by atoms with E-state index in [0.29, 0.717) is 0 Å². The molecule has 0 radical (unpaired) electrons. The molecular formula is C15H21N. The van der Waals surface area contributed by atoms with E-state index >= 15 is 0 Å². The highest BCUT2D eigenvalue weighted by atomic mass is 14.7. The van der Waals surface area contributed by atoms with Gasteiger partial charge in [0.15, 0.2) is 0 Å². The second kappa shape index (κ2) is 5.11. The number of allylic oxidation sites excluding steroid dienone is 1. The first-order chi connectivity index (χ1) is 7.52. The highest BCUT2D eigenvalue weighted by molar-refractivity contribution is 5.77. The van der Waals surface area contributed by atoms with Gasteiger partial charge in [-0.25, -0.2) is 0 Å². The van der Waals surface area contributed by atoms with Crippen LogP contribution in [0.4, 0.5) is 0 Å². The standard InChI is InChI=1S/C15H21N/c1-7-14(16-8-2)15-12(5)10(3)9-11(4)13(15)6/h7-9H,1-6H3. The van der Waals surface area contributed by atoms with Crippen LogP contribution in [0.25, 0.3) is 5.70 Å². The Labute approximate surface area is 98.9 Å². The molecule has 0 aliphatic carbocycles. The van der Waals surface area contributed by atoms with Crippen molar-refractivity contribution in [1.82, 2.24) is 0 Å². The Balaban J connectivity index is 3.54. The molecule has 16 heavy (non-hydrogen) atoms. The number of rotatable bonds is 2. The highest BCUT2D eigenvalue weighted by Gasteiger charge is 2.11. The van der Waals surface area contributed by atoms with E-state index in [1.54, 1.807) is 0 Å². The molecule has 1 heteroatoms. The first-order valence-corrected chi connectivity index (χ1v) is 5.75. The fraction of sp³-hybridized carbons (Fsp3) is 0.400. The van der Waals surface area contributed by atoms with Crippen LogP contribution in [0.3, 0.4) is 0 Å². The predicted octanol–water partition coefficient (Wildman–Crippen LogP) is 4.37. The van der Waals surface area contributed by atoms with E-state index in [-0.39, 0.29) is 0 Å². The molecule has 0 bridgehead atoms. The Morgan fingerprint density at radius 3 is 1.88 bits per heavy atom. The minimum atomic E-state index is 1.07. The second-order valence-corrected chi connectivity index (χ2v) is 4.20. The third-order valence-corrected chi connectivity index (χ3v) is 3.16. The van der Waals surface area contributed by atoms with E-state index in [4.69, 9.17) is 0 Å². The van der Waals surface area contributed by atoms with E-state index in [0.717, 1.165) is 5.70 Å². The van der Waals surface area contributed by atoms with E-state index in [2.05, 4.69) is 44.8 Å². The van der Waals surface area contributed by atoms with Gasteiger partial charge < -0.3 is 0 Å². The molecule has 0 aliphatic heterocycles. The third-order valence-electron chi connectivity index (χ3n) is 3.16. The zero-order valence-electron chi connectivity index (χ0n) is 11.2. The first kappa shape index (κ1) is 12.7. The van der Waals surface area contributed by atoms with Gasteiger partial charge in [0.2, 0.25) is 0 Å². The van der Waals surface area contributed by atoms with Gasteiger partial charge in [-0.2, -0.15) is 0 Å². The SMILES string of the molecule is CC=NC(=CC)c1c(C)c(C)cc(C)c1C. The van der Waals surface area contributed by atoms with Crippen molar-refractivity contribution in [3.05, 3.63) is 40.0 Å². The maximum Gasteiger partial charge on any atom is 0.0660 e. The lowest BCUT2D eigenvalue weighted by molar-refractivity contribution is 1.21. The van der Waals surface area contributed by atoms with Crippen molar-refractivity contribution < 1.29 is 0 Å². The summed E-state index contributed by atoms with van der Waals surface area (Å²) < 4.78 is 0. The summed E-state index contributed by atoms with van der Waals surface area (Å²) in [4.78, 5) is 4.45. The van der Waals surface area contributed by atoms with Crippen LogP contribution in [-0.4, -0.2) is 6.21 Å². The maximum absolute atomic E-state index is 4.45. The molecule has 86 valence electrons. The average Bonchev–Trinajstić information content (AvgIpc) is 2.25. The minimum absolute atomic E-state index is 1.07. The smallest absolute Gasteiger partial charge is 0.0660 e. The highest BCUT2D eigenvalue weighted by Crippen LogP contribution is 2.28. The summed E-state index contributed by atoms with van der Waals surface area (Å²) in [5.74, 6) is 0. The minimum Gasteiger partial charge on any atom is -0.261 e. The van der Waals surface area contributed by atoms with E-state index in [1.807, 2.05) is 20.1 Å². The number of hydrogen-bond acceptors (Lipinski definition) is 1. The largest absolute Gasteiger partial charge is 0.261 e. The molecule has 0 spiro atoms. The van der Waals surface area contributed by atoms with Crippen LogP contribution in [0.5, 0.6) is 0 Å². The quantitative estimate of drug-likeness (QED) is 0.649. The van der Waals surface area contributed by atoms with Crippen LogP contribution in [0.1, 0.15) is 41.7 Å². The fourth-order valence-corrected chi connectivity index (χ4v) is 2.02. The van der Waals surface area contributed by atoms with Crippen molar-refractivity contribution in [2.24, 2.45) is 4.99 Å². The summed E-state index contributed by atoms with van der Waals surface area (Å²) in [7, 11) is 0. The van der Waals surface area contributed by atoms with Gasteiger partial charge in [-0.3, -0.25) is 4.99 Å². The summed E-state index contributed by atoms with van der Waals surface area (Å²) >= 11 is 0. The lowest BCUT2D eigenvalue weighted by atomic mass is 9.92. The van der Waals surface area contributed by atoms with Gasteiger partial charge in [-0.1, -0.05) is 12.1 Å². The molecular weight excluding hydrogens is 194 g/mol. The van der Waals surface area contributed by atoms with Crippen LogP contribution in [-0.2, 0) is 0 Å². The van der Waals surface area contributed by atoms with E-state index in [1.165, 1.54) is 27.8 Å². The molecule has 0 saturated carbocycles. The number of aryl methyl sites for hydroxylation is 2. The van der Waals surface area contributed by atoms with Gasteiger partial charge in [-0.05, 0) is 63.8 Å². The summed E-state index contributed by atoms with van der Waals surface area (Å²) in [5.41, 5.74) is 7.71. The topological polar surface area (TPSA) is 12.4 Å². The van der Waals surface area contributed by atoms with Crippen LogP contribution < -0.4 is 0 Å². The second-order valence-electron chi connectivity index (χ2n) is 4.20. The van der Waals surface area contributed by atoms with Crippen molar-refractivity contribution in [3.63, 3.8) is 0 Å². The zero-order chi connectivity index (χ0) is 12.3. The van der Waals surface area contributed by atoms with Crippen molar-refractivity contribution >= 4 is 11.9 Å². The van der Waals surface area contributed by atoms with Gasteiger partial charge in [0.05, 0.1) is 5.70 Å². The Kier molecular flexibility index (Phi) is 4.05. The molecule has 0 atom stereocenters. The van der Waals surface area contributed by atoms with Crippen molar-refractivity contribution in [3.8, 4) is 0 Å². The van der Waals surface area contributed by atoms with Crippen molar-refractivity contribution in [2.45, 2.75) is 41.5 Å². The molecule has 1 aromatic rings. The summed E-state index contributed by atoms with van der Waals surface area (Å²) in [5, 5.41) is 0. The maximum atomic E-state index is 4.45. The van der Waals surface area contributed by atoms with Crippen LogP contribution in [0.15, 0.2) is 17.1 Å². The first-order valence-electron chi connectivity index (χ1n) is 5.75. The Hall–Kier alpha value is -1.37. The van der Waals surface area contributed by atoms with Gasteiger partial charge in [0.25, 0.3) is 0 Å². The van der Waals surface area contributed by atoms with Crippen molar-refractivity contribution in [1.29, 1.82) is 0 Å². The van der Waals surface area contributed by atoms with E-state index in [9.17, 15) is 0 Å². The molecule has 0 heterocycles. The monoisotopic (exact) mass is 215 g/mol. The zero-order valence-corrected chi connectivity index (χ0v) is 11.2. The molecule has 1 aromatic carbocycles. The molecule has 0 fully saturated rings. The molecule has 0 aromatic heterocycles. The van der Waals surface area contributed by atoms with Gasteiger partial charge in [0, 0.05) is 11.8 Å². The van der Waals surface area contributed by atoms with Gasteiger partial charge in [-0.15, -0.1) is 0 Å². The summed E-state index contributed by atoms with van der Waals surface area (Å²) in [6.45, 7) is 12.7. The Bertz CT molecular complexity index is 425. The lowest BCUT2D eigenvalue weighted by Crippen LogP contribution is -1.98. The summed E-state index contributed by atoms with van der Waals surface area (Å²) in [6, 6.07) is 2.25. The van der Waals surface area contributed by atoms with Crippen LogP contribution >= 0.6 is 0 Å². The van der Waals surface area contributed by atoms with Crippen molar-refractivity contribution in [2.75, 3.05) is 0 Å². The normalized spacial score (nSPS) is 12.5. The molecule has 1 nitrogen and oxygen atoms in total. The number of nitrogens with zero attached hydrogens (tertiary/aromatic N) is 1. The molecule has 1 rings (SSSR count). The number of hydrogen-bond donors (Lipinski definition) is 0. The molecule has 0 N–H and O–H groups in total.